The van der Waals surface area contributed by atoms with Crippen LogP contribution in [0.15, 0.2) is 36.5 Å². The number of nitrogens with two attached hydrogens (primary N) is 1. The largest absolute Gasteiger partial charge is 0.420 e. The van der Waals surface area contributed by atoms with Crippen LogP contribution >= 0.6 is 0 Å². The normalized spacial score (nSPS) is 11.2. The van der Waals surface area contributed by atoms with Gasteiger partial charge in [0, 0.05) is 6.20 Å². The van der Waals surface area contributed by atoms with Crippen molar-refractivity contribution >= 4 is 11.8 Å². The first-order valence-corrected chi connectivity index (χ1v) is 5.35. The molecule has 1 aromatic heterocycles. The van der Waals surface area contributed by atoms with Gasteiger partial charge in [0.1, 0.15) is 11.6 Å². The summed E-state index contributed by atoms with van der Waals surface area (Å²) < 4.78 is 42.8. The maximum absolute atomic E-state index is 12.7. The van der Waals surface area contributed by atoms with Crippen LogP contribution < -0.4 is 10.5 Å². The van der Waals surface area contributed by atoms with Gasteiger partial charge >= 0.3 is 12.1 Å². The number of rotatable bonds is 2. The Labute approximate surface area is 111 Å². The zero-order chi connectivity index (χ0) is 14.8. The molecule has 0 fully saturated rings. The molecule has 8 heteroatoms. The Morgan fingerprint density at radius 2 is 1.90 bits per heavy atom. The van der Waals surface area contributed by atoms with Gasteiger partial charge < -0.3 is 10.5 Å². The van der Waals surface area contributed by atoms with Gasteiger partial charge in [0.2, 0.25) is 5.82 Å². The molecule has 5 nitrogen and oxygen atoms in total. The number of halogens is 3. The molecule has 104 valence electrons. The molecule has 0 radical (unpaired) electrons. The predicted molar refractivity (Wildman–Crippen MR) is 62.8 cm³/mol. The van der Waals surface area contributed by atoms with E-state index in [1.807, 2.05) is 0 Å². The van der Waals surface area contributed by atoms with E-state index in [2.05, 4.69) is 14.7 Å². The first kappa shape index (κ1) is 13.8. The second-order valence-corrected chi connectivity index (χ2v) is 3.69. The maximum Gasteiger partial charge on any atom is 0.419 e. The summed E-state index contributed by atoms with van der Waals surface area (Å²) in [4.78, 5) is 18.8. The lowest BCUT2D eigenvalue weighted by Crippen LogP contribution is -2.16. The highest BCUT2D eigenvalue weighted by atomic mass is 19.4. The van der Waals surface area contributed by atoms with Gasteiger partial charge in [-0.05, 0) is 18.2 Å². The highest BCUT2D eigenvalue weighted by molar-refractivity contribution is 5.87. The lowest BCUT2D eigenvalue weighted by molar-refractivity contribution is -0.138. The zero-order valence-electron chi connectivity index (χ0n) is 9.89. The summed E-state index contributed by atoms with van der Waals surface area (Å²) in [5.41, 5.74) is 4.29. The summed E-state index contributed by atoms with van der Waals surface area (Å²) in [6.45, 7) is 0. The van der Waals surface area contributed by atoms with Crippen molar-refractivity contribution in [1.29, 1.82) is 0 Å². The number of benzene rings is 1. The monoisotopic (exact) mass is 283 g/mol. The van der Waals surface area contributed by atoms with Gasteiger partial charge in [-0.1, -0.05) is 12.1 Å². The molecule has 0 unspecified atom stereocenters. The van der Waals surface area contributed by atoms with E-state index in [-0.39, 0.29) is 5.82 Å². The topological polar surface area (TPSA) is 78.1 Å². The summed E-state index contributed by atoms with van der Waals surface area (Å²) in [6.07, 6.45) is -3.43. The molecule has 0 bridgehead atoms. The summed E-state index contributed by atoms with van der Waals surface area (Å²) in [7, 11) is 0. The SMILES string of the molecule is Nc1ccnc(C(=O)Oc2ccccc2C(F)(F)F)n1. The van der Waals surface area contributed by atoms with Crippen LogP contribution in [0.1, 0.15) is 16.2 Å². The van der Waals surface area contributed by atoms with Crippen LogP contribution in [0.4, 0.5) is 19.0 Å². The summed E-state index contributed by atoms with van der Waals surface area (Å²) in [6, 6.07) is 5.69. The van der Waals surface area contributed by atoms with E-state index in [0.29, 0.717) is 0 Å². The first-order chi connectivity index (χ1) is 9.38. The van der Waals surface area contributed by atoms with Crippen molar-refractivity contribution in [2.45, 2.75) is 6.18 Å². The predicted octanol–water partition coefficient (Wildman–Crippen LogP) is 2.30. The third kappa shape index (κ3) is 3.02. The smallest absolute Gasteiger partial charge is 0.419 e. The first-order valence-electron chi connectivity index (χ1n) is 5.35. The number of carbonyl (C=O) groups excluding carboxylic acids is 1. The highest BCUT2D eigenvalue weighted by Gasteiger charge is 2.34. The van der Waals surface area contributed by atoms with Crippen LogP contribution in [0.25, 0.3) is 0 Å². The molecular formula is C12H8F3N3O2. The molecule has 0 spiro atoms. The van der Waals surface area contributed by atoms with E-state index >= 15 is 0 Å². The standard InChI is InChI=1S/C12H8F3N3O2/c13-12(14,15)7-3-1-2-4-8(7)20-11(19)10-17-6-5-9(16)18-10/h1-6H,(H2,16,17,18). The number of anilines is 1. The number of esters is 1. The minimum Gasteiger partial charge on any atom is -0.420 e. The van der Waals surface area contributed by atoms with E-state index in [9.17, 15) is 18.0 Å². The number of hydrogen-bond donors (Lipinski definition) is 1. The van der Waals surface area contributed by atoms with E-state index in [1.54, 1.807) is 0 Å². The number of hydrogen-bond acceptors (Lipinski definition) is 5. The van der Waals surface area contributed by atoms with Gasteiger partial charge in [-0.3, -0.25) is 0 Å². The Bertz CT molecular complexity index is 644. The summed E-state index contributed by atoms with van der Waals surface area (Å²) >= 11 is 0. The third-order valence-electron chi connectivity index (χ3n) is 2.25. The molecule has 1 heterocycles. The van der Waals surface area contributed by atoms with Gasteiger partial charge in [0.15, 0.2) is 0 Å². The van der Waals surface area contributed by atoms with Crippen LogP contribution in [0.5, 0.6) is 5.75 Å². The lowest BCUT2D eigenvalue weighted by Gasteiger charge is -2.11. The van der Waals surface area contributed by atoms with E-state index < -0.39 is 29.3 Å². The van der Waals surface area contributed by atoms with Gasteiger partial charge in [-0.2, -0.15) is 13.2 Å². The van der Waals surface area contributed by atoms with Gasteiger partial charge in [-0.25, -0.2) is 14.8 Å². The van der Waals surface area contributed by atoms with Crippen molar-refractivity contribution in [3.8, 4) is 5.75 Å². The van der Waals surface area contributed by atoms with Crippen molar-refractivity contribution in [1.82, 2.24) is 9.97 Å². The molecule has 2 rings (SSSR count). The van der Waals surface area contributed by atoms with Crippen LogP contribution in [0, 0.1) is 0 Å². The second kappa shape index (κ2) is 5.16. The Hall–Kier alpha value is -2.64. The quantitative estimate of drug-likeness (QED) is 0.676. The summed E-state index contributed by atoms with van der Waals surface area (Å²) in [5, 5.41) is 0. The summed E-state index contributed by atoms with van der Waals surface area (Å²) in [5.74, 6) is -2.14. The number of nitrogen functional groups attached to an aromatic ring is 1. The van der Waals surface area contributed by atoms with Gasteiger partial charge in [0.05, 0.1) is 5.56 Å². The van der Waals surface area contributed by atoms with Crippen molar-refractivity contribution in [3.63, 3.8) is 0 Å². The highest BCUT2D eigenvalue weighted by Crippen LogP contribution is 2.36. The van der Waals surface area contributed by atoms with E-state index in [1.165, 1.54) is 24.4 Å². The minimum absolute atomic E-state index is 0.0102. The number of ether oxygens (including phenoxy) is 1. The molecule has 1 aromatic carbocycles. The minimum atomic E-state index is -4.63. The zero-order valence-corrected chi connectivity index (χ0v) is 9.89. The Morgan fingerprint density at radius 1 is 1.20 bits per heavy atom. The fraction of sp³-hybridized carbons (Fsp3) is 0.0833. The second-order valence-electron chi connectivity index (χ2n) is 3.69. The van der Waals surface area contributed by atoms with E-state index in [4.69, 9.17) is 5.73 Å². The molecule has 2 N–H and O–H groups in total. The number of alkyl halides is 3. The number of carbonyl (C=O) groups is 1. The molecule has 0 saturated carbocycles. The van der Waals surface area contributed by atoms with Gasteiger partial charge in [0.25, 0.3) is 0 Å². The molecular weight excluding hydrogens is 275 g/mol. The van der Waals surface area contributed by atoms with Crippen molar-refractivity contribution < 1.29 is 22.7 Å². The molecule has 0 aliphatic carbocycles. The Balaban J connectivity index is 2.29. The molecule has 0 saturated heterocycles. The fourth-order valence-electron chi connectivity index (χ4n) is 1.41. The van der Waals surface area contributed by atoms with Crippen molar-refractivity contribution in [2.24, 2.45) is 0 Å². The lowest BCUT2D eigenvalue weighted by atomic mass is 10.2. The third-order valence-corrected chi connectivity index (χ3v) is 2.25. The van der Waals surface area contributed by atoms with Crippen LogP contribution in [-0.4, -0.2) is 15.9 Å². The average molecular weight is 283 g/mol. The number of aromatic nitrogens is 2. The Morgan fingerprint density at radius 3 is 2.55 bits per heavy atom. The average Bonchev–Trinajstić information content (AvgIpc) is 2.38. The van der Waals surface area contributed by atoms with Gasteiger partial charge in [-0.15, -0.1) is 0 Å². The Kier molecular flexibility index (Phi) is 3.55. The number of para-hydroxylation sites is 1. The molecule has 0 aliphatic heterocycles. The molecule has 0 atom stereocenters. The molecule has 0 amide bonds. The molecule has 20 heavy (non-hydrogen) atoms. The molecule has 2 aromatic rings. The number of nitrogens with zero attached hydrogens (tertiary/aromatic N) is 2. The van der Waals surface area contributed by atoms with Crippen LogP contribution in [0.2, 0.25) is 0 Å². The van der Waals surface area contributed by atoms with E-state index in [0.717, 1.165) is 12.1 Å². The van der Waals surface area contributed by atoms with Crippen LogP contribution in [-0.2, 0) is 6.18 Å². The molecule has 0 aliphatic rings. The fourth-order valence-corrected chi connectivity index (χ4v) is 1.41. The maximum atomic E-state index is 12.7. The van der Waals surface area contributed by atoms with Crippen molar-refractivity contribution in [3.05, 3.63) is 47.9 Å². The van der Waals surface area contributed by atoms with Crippen LogP contribution in [0.3, 0.4) is 0 Å². The van der Waals surface area contributed by atoms with Crippen molar-refractivity contribution in [2.75, 3.05) is 5.73 Å².